The number of halogens is 1. The summed E-state index contributed by atoms with van der Waals surface area (Å²) in [7, 11) is 0. The van der Waals surface area contributed by atoms with Crippen LogP contribution in [0.5, 0.6) is 0 Å². The lowest BCUT2D eigenvalue weighted by Crippen LogP contribution is -2.41. The molecule has 2 aromatic rings. The van der Waals surface area contributed by atoms with Crippen molar-refractivity contribution in [2.24, 2.45) is 5.92 Å². The summed E-state index contributed by atoms with van der Waals surface area (Å²) in [6, 6.07) is 9.27. The Balaban J connectivity index is 1.80. The first-order valence-electron chi connectivity index (χ1n) is 11.1. The van der Waals surface area contributed by atoms with Gasteiger partial charge in [0.2, 0.25) is 11.8 Å². The molecule has 0 atom stereocenters. The number of amides is 2. The topological polar surface area (TPSA) is 67.2 Å². The van der Waals surface area contributed by atoms with Crippen LogP contribution in [0, 0.1) is 5.92 Å². The predicted molar refractivity (Wildman–Crippen MR) is 125 cm³/mol. The molecule has 0 aliphatic heterocycles. The fourth-order valence-electron chi connectivity index (χ4n) is 3.95. The van der Waals surface area contributed by atoms with Gasteiger partial charge in [0.15, 0.2) is 0 Å². The Morgan fingerprint density at radius 3 is 2.48 bits per heavy atom. The van der Waals surface area contributed by atoms with Gasteiger partial charge in [0.05, 0.1) is 22.9 Å². The van der Waals surface area contributed by atoms with E-state index in [1.54, 1.807) is 15.6 Å². The minimum absolute atomic E-state index is 0.0321. The summed E-state index contributed by atoms with van der Waals surface area (Å²) < 4.78 is 1.67. The molecule has 3 rings (SSSR count). The number of carbonyl (C=O) groups excluding carboxylic acids is 2. The summed E-state index contributed by atoms with van der Waals surface area (Å²) in [5, 5.41) is 8.22. The van der Waals surface area contributed by atoms with Gasteiger partial charge >= 0.3 is 0 Å². The molecular formula is C24H33ClN4O2. The lowest BCUT2D eigenvalue weighted by atomic mass is 9.88. The Morgan fingerprint density at radius 1 is 1.19 bits per heavy atom. The summed E-state index contributed by atoms with van der Waals surface area (Å²) in [4.78, 5) is 27.5. The second kappa shape index (κ2) is 9.86. The van der Waals surface area contributed by atoms with E-state index >= 15 is 0 Å². The quantitative estimate of drug-likeness (QED) is 0.666. The van der Waals surface area contributed by atoms with Gasteiger partial charge in [0, 0.05) is 23.9 Å². The van der Waals surface area contributed by atoms with E-state index in [1.807, 2.05) is 31.2 Å². The van der Waals surface area contributed by atoms with Crippen molar-refractivity contribution < 1.29 is 9.59 Å². The first kappa shape index (κ1) is 23.3. The molecule has 0 unspecified atom stereocenters. The lowest BCUT2D eigenvalue weighted by Gasteiger charge is -2.28. The number of nitrogens with one attached hydrogen (secondary N) is 1. The van der Waals surface area contributed by atoms with Crippen molar-refractivity contribution in [2.45, 2.75) is 65.2 Å². The molecule has 1 aliphatic carbocycles. The maximum absolute atomic E-state index is 12.9. The van der Waals surface area contributed by atoms with Crippen molar-refractivity contribution in [1.82, 2.24) is 14.7 Å². The number of benzene rings is 1. The Hall–Kier alpha value is -2.34. The van der Waals surface area contributed by atoms with Crippen molar-refractivity contribution in [2.75, 3.05) is 18.4 Å². The second-order valence-electron chi connectivity index (χ2n) is 9.26. The standard InChI is InChI=1S/C24H33ClN4O2/c1-5-28(23(31)17-11-7-6-8-12-17)16-22(30)26-21-15-20(24(2,3)4)27-29(21)19-14-10-9-13-18(19)25/h9-10,13-15,17H,5-8,11-12,16H2,1-4H3,(H,26,30). The van der Waals surface area contributed by atoms with Crippen molar-refractivity contribution in [3.63, 3.8) is 0 Å². The maximum Gasteiger partial charge on any atom is 0.245 e. The van der Waals surface area contributed by atoms with Gasteiger partial charge in [0.25, 0.3) is 0 Å². The minimum Gasteiger partial charge on any atom is -0.333 e. The van der Waals surface area contributed by atoms with Crippen LogP contribution in [-0.2, 0) is 15.0 Å². The average molecular weight is 445 g/mol. The van der Waals surface area contributed by atoms with Crippen molar-refractivity contribution >= 4 is 29.2 Å². The van der Waals surface area contributed by atoms with Crippen LogP contribution in [0.25, 0.3) is 5.69 Å². The third-order valence-electron chi connectivity index (χ3n) is 5.81. The molecule has 6 nitrogen and oxygen atoms in total. The average Bonchev–Trinajstić information content (AvgIpc) is 3.16. The molecular weight excluding hydrogens is 412 g/mol. The molecule has 0 radical (unpaired) electrons. The molecule has 7 heteroatoms. The Bertz CT molecular complexity index is 926. The van der Waals surface area contributed by atoms with E-state index in [-0.39, 0.29) is 29.7 Å². The highest BCUT2D eigenvalue weighted by Crippen LogP contribution is 2.29. The van der Waals surface area contributed by atoms with Gasteiger partial charge in [0.1, 0.15) is 5.82 Å². The minimum atomic E-state index is -0.236. The number of nitrogens with zero attached hydrogens (tertiary/aromatic N) is 3. The summed E-state index contributed by atoms with van der Waals surface area (Å²) in [5.74, 6) is 0.443. The van der Waals surface area contributed by atoms with Crippen LogP contribution < -0.4 is 5.32 Å². The van der Waals surface area contributed by atoms with E-state index in [1.165, 1.54) is 6.42 Å². The molecule has 1 fully saturated rings. The van der Waals surface area contributed by atoms with Crippen LogP contribution in [0.2, 0.25) is 5.02 Å². The number of hydrogen-bond acceptors (Lipinski definition) is 3. The fraction of sp³-hybridized carbons (Fsp3) is 0.542. The van der Waals surface area contributed by atoms with Crippen molar-refractivity contribution in [3.05, 3.63) is 41.0 Å². The van der Waals surface area contributed by atoms with Crippen LogP contribution in [0.1, 0.15) is 65.5 Å². The smallest absolute Gasteiger partial charge is 0.245 e. The first-order chi connectivity index (χ1) is 14.7. The number of para-hydroxylation sites is 1. The van der Waals surface area contributed by atoms with Gasteiger partial charge in [-0.15, -0.1) is 0 Å². The molecule has 1 aromatic heterocycles. The zero-order valence-corrected chi connectivity index (χ0v) is 19.7. The summed E-state index contributed by atoms with van der Waals surface area (Å²) in [5.41, 5.74) is 1.34. The molecule has 1 saturated carbocycles. The van der Waals surface area contributed by atoms with Gasteiger partial charge in [-0.3, -0.25) is 9.59 Å². The highest BCUT2D eigenvalue weighted by molar-refractivity contribution is 6.32. The highest BCUT2D eigenvalue weighted by Gasteiger charge is 2.27. The largest absolute Gasteiger partial charge is 0.333 e. The third kappa shape index (κ3) is 5.67. The predicted octanol–water partition coefficient (Wildman–Crippen LogP) is 5.19. The Morgan fingerprint density at radius 2 is 1.87 bits per heavy atom. The van der Waals surface area contributed by atoms with E-state index in [4.69, 9.17) is 16.7 Å². The van der Waals surface area contributed by atoms with Crippen LogP contribution >= 0.6 is 11.6 Å². The normalized spacial score (nSPS) is 15.0. The molecule has 2 amide bonds. The zero-order valence-electron chi connectivity index (χ0n) is 18.9. The summed E-state index contributed by atoms with van der Waals surface area (Å²) >= 11 is 6.40. The van der Waals surface area contributed by atoms with E-state index in [2.05, 4.69) is 26.1 Å². The van der Waals surface area contributed by atoms with Crippen molar-refractivity contribution in [3.8, 4) is 5.69 Å². The molecule has 1 N–H and O–H groups in total. The molecule has 0 bridgehead atoms. The molecule has 0 saturated heterocycles. The number of rotatable bonds is 6. The zero-order chi connectivity index (χ0) is 22.6. The number of hydrogen-bond donors (Lipinski definition) is 1. The van der Waals surface area contributed by atoms with Crippen LogP contribution in [0.4, 0.5) is 5.82 Å². The number of aromatic nitrogens is 2. The SMILES string of the molecule is CCN(CC(=O)Nc1cc(C(C)(C)C)nn1-c1ccccc1Cl)C(=O)C1CCCCC1. The molecule has 0 spiro atoms. The second-order valence-corrected chi connectivity index (χ2v) is 9.67. The van der Waals surface area contributed by atoms with E-state index in [9.17, 15) is 9.59 Å². The van der Waals surface area contributed by atoms with E-state index < -0.39 is 0 Å². The number of likely N-dealkylation sites (N-methyl/N-ethyl adjacent to an activating group) is 1. The summed E-state index contributed by atoms with van der Waals surface area (Å²) in [6.07, 6.45) is 5.22. The van der Waals surface area contributed by atoms with Crippen LogP contribution in [0.3, 0.4) is 0 Å². The number of anilines is 1. The van der Waals surface area contributed by atoms with Gasteiger partial charge in [-0.25, -0.2) is 4.68 Å². The first-order valence-corrected chi connectivity index (χ1v) is 11.5. The molecule has 1 aromatic carbocycles. The van der Waals surface area contributed by atoms with Gasteiger partial charge in [-0.1, -0.05) is 63.8 Å². The van der Waals surface area contributed by atoms with Gasteiger partial charge in [-0.2, -0.15) is 5.10 Å². The van der Waals surface area contributed by atoms with Gasteiger partial charge < -0.3 is 10.2 Å². The fourth-order valence-corrected chi connectivity index (χ4v) is 4.17. The van der Waals surface area contributed by atoms with E-state index in [0.717, 1.165) is 31.4 Å². The Kier molecular flexibility index (Phi) is 7.42. The molecule has 31 heavy (non-hydrogen) atoms. The van der Waals surface area contributed by atoms with Gasteiger partial charge in [-0.05, 0) is 31.9 Å². The maximum atomic E-state index is 12.9. The molecule has 1 heterocycles. The lowest BCUT2D eigenvalue weighted by molar-refractivity contribution is -0.139. The molecule has 168 valence electrons. The Labute approximate surface area is 190 Å². The number of carbonyl (C=O) groups is 2. The monoisotopic (exact) mass is 444 g/mol. The van der Waals surface area contributed by atoms with Crippen molar-refractivity contribution in [1.29, 1.82) is 0 Å². The summed E-state index contributed by atoms with van der Waals surface area (Å²) in [6.45, 7) is 8.67. The van der Waals surface area contributed by atoms with E-state index in [0.29, 0.717) is 23.1 Å². The van der Waals surface area contributed by atoms with Crippen LogP contribution in [-0.4, -0.2) is 39.6 Å². The highest BCUT2D eigenvalue weighted by atomic mass is 35.5. The van der Waals surface area contributed by atoms with Crippen LogP contribution in [0.15, 0.2) is 30.3 Å². The molecule has 1 aliphatic rings. The third-order valence-corrected chi connectivity index (χ3v) is 6.13.